The highest BCUT2D eigenvalue weighted by atomic mass is 32.2. The third-order valence-corrected chi connectivity index (χ3v) is 6.93. The number of rotatable bonds is 7. The molecule has 0 bridgehead atoms. The summed E-state index contributed by atoms with van der Waals surface area (Å²) < 4.78 is 38.9. The van der Waals surface area contributed by atoms with E-state index in [1.807, 2.05) is 19.1 Å². The lowest BCUT2D eigenvalue weighted by Gasteiger charge is -2.12. The van der Waals surface area contributed by atoms with Crippen molar-refractivity contribution in [2.45, 2.75) is 18.7 Å². The maximum absolute atomic E-state index is 13.3. The van der Waals surface area contributed by atoms with E-state index in [9.17, 15) is 18.0 Å². The zero-order valence-electron chi connectivity index (χ0n) is 17.2. The Bertz CT molecular complexity index is 1210. The van der Waals surface area contributed by atoms with Gasteiger partial charge in [0.05, 0.1) is 19.3 Å². The fourth-order valence-electron chi connectivity index (χ4n) is 2.91. The normalized spacial score (nSPS) is 11.1. The average molecular weight is 460 g/mol. The Morgan fingerprint density at radius 1 is 1.06 bits per heavy atom. The molecule has 0 saturated heterocycles. The first kappa shape index (κ1) is 22.5. The van der Waals surface area contributed by atoms with Crippen LogP contribution in [0.1, 0.15) is 32.5 Å². The molecule has 162 valence electrons. The second-order valence-electron chi connectivity index (χ2n) is 6.57. The third kappa shape index (κ3) is 4.95. The van der Waals surface area contributed by atoms with Crippen molar-refractivity contribution in [1.82, 2.24) is 0 Å². The van der Waals surface area contributed by atoms with Crippen molar-refractivity contribution >= 4 is 39.0 Å². The number of sulfonamides is 1. The van der Waals surface area contributed by atoms with E-state index in [1.165, 1.54) is 25.3 Å². The average Bonchev–Trinajstić information content (AvgIpc) is 3.20. The topological polar surface area (TPSA) is 98.8 Å². The molecule has 0 aliphatic heterocycles. The standard InChI is InChI=1S/C22H21NO6S2/c1-4-29-21(24)16-6-5-7-17(12-16)23-31(26,27)20-18(13-30-19(20)22(25)28-3)15-10-8-14(2)9-11-15/h5-13,23H,4H2,1-3H3. The maximum atomic E-state index is 13.3. The van der Waals surface area contributed by atoms with Crippen molar-refractivity contribution in [2.24, 2.45) is 0 Å². The van der Waals surface area contributed by atoms with E-state index in [0.29, 0.717) is 11.1 Å². The molecule has 0 atom stereocenters. The lowest BCUT2D eigenvalue weighted by molar-refractivity contribution is 0.0525. The van der Waals surface area contributed by atoms with Crippen molar-refractivity contribution in [2.75, 3.05) is 18.4 Å². The van der Waals surface area contributed by atoms with Crippen LogP contribution in [0.4, 0.5) is 5.69 Å². The molecule has 31 heavy (non-hydrogen) atoms. The van der Waals surface area contributed by atoms with E-state index >= 15 is 0 Å². The number of anilines is 1. The van der Waals surface area contributed by atoms with E-state index in [4.69, 9.17) is 9.47 Å². The van der Waals surface area contributed by atoms with Crippen LogP contribution in [0.25, 0.3) is 11.1 Å². The molecular formula is C22H21NO6S2. The molecule has 2 aromatic carbocycles. The molecule has 0 unspecified atom stereocenters. The highest BCUT2D eigenvalue weighted by molar-refractivity contribution is 7.93. The molecule has 0 spiro atoms. The number of methoxy groups -OCH3 is 1. The van der Waals surface area contributed by atoms with Crippen LogP contribution in [0.3, 0.4) is 0 Å². The highest BCUT2D eigenvalue weighted by Crippen LogP contribution is 2.37. The van der Waals surface area contributed by atoms with Gasteiger partial charge in [-0.3, -0.25) is 4.72 Å². The van der Waals surface area contributed by atoms with Gasteiger partial charge in [-0.2, -0.15) is 0 Å². The van der Waals surface area contributed by atoms with Crippen molar-refractivity contribution in [3.63, 3.8) is 0 Å². The van der Waals surface area contributed by atoms with Gasteiger partial charge in [0.2, 0.25) is 0 Å². The summed E-state index contributed by atoms with van der Waals surface area (Å²) in [6.07, 6.45) is 0. The van der Waals surface area contributed by atoms with Crippen LogP contribution >= 0.6 is 11.3 Å². The zero-order valence-corrected chi connectivity index (χ0v) is 18.8. The Hall–Kier alpha value is -3.17. The van der Waals surface area contributed by atoms with Gasteiger partial charge in [0.15, 0.2) is 0 Å². The van der Waals surface area contributed by atoms with Gasteiger partial charge in [0.1, 0.15) is 9.77 Å². The summed E-state index contributed by atoms with van der Waals surface area (Å²) in [5, 5.41) is 1.61. The largest absolute Gasteiger partial charge is 0.465 e. The summed E-state index contributed by atoms with van der Waals surface area (Å²) in [6.45, 7) is 3.81. The quantitative estimate of drug-likeness (QED) is 0.523. The number of aryl methyl sites for hydroxylation is 1. The Labute approximate surface area is 184 Å². The lowest BCUT2D eigenvalue weighted by Crippen LogP contribution is -2.17. The summed E-state index contributed by atoms with van der Waals surface area (Å²) in [4.78, 5) is 24.1. The molecule has 0 fully saturated rings. The van der Waals surface area contributed by atoms with Gasteiger partial charge in [0.25, 0.3) is 10.0 Å². The van der Waals surface area contributed by atoms with Gasteiger partial charge < -0.3 is 9.47 Å². The molecule has 0 saturated carbocycles. The first-order valence-corrected chi connectivity index (χ1v) is 11.7. The predicted octanol–water partition coefficient (Wildman–Crippen LogP) is 4.49. The first-order valence-electron chi connectivity index (χ1n) is 9.33. The van der Waals surface area contributed by atoms with Crippen molar-refractivity contribution in [3.05, 3.63) is 69.9 Å². The minimum atomic E-state index is -4.19. The van der Waals surface area contributed by atoms with Gasteiger partial charge in [-0.05, 0) is 37.6 Å². The molecule has 0 aliphatic rings. The number of carbonyl (C=O) groups excluding carboxylic acids is 2. The smallest absolute Gasteiger partial charge is 0.349 e. The summed E-state index contributed by atoms with van der Waals surface area (Å²) in [5.41, 5.74) is 2.43. The van der Waals surface area contributed by atoms with E-state index < -0.39 is 22.0 Å². The Balaban J connectivity index is 2.07. The molecule has 0 amide bonds. The fourth-order valence-corrected chi connectivity index (χ4v) is 5.68. The SMILES string of the molecule is CCOC(=O)c1cccc(NS(=O)(=O)c2c(-c3ccc(C)cc3)csc2C(=O)OC)c1. The number of hydrogen-bond donors (Lipinski definition) is 1. The summed E-state index contributed by atoms with van der Waals surface area (Å²) in [7, 11) is -3.00. The van der Waals surface area contributed by atoms with Gasteiger partial charge >= 0.3 is 11.9 Å². The molecule has 0 radical (unpaired) electrons. The minimum absolute atomic E-state index is 0.0351. The summed E-state index contributed by atoms with van der Waals surface area (Å²) in [5.74, 6) is -1.31. The third-order valence-electron chi connectivity index (χ3n) is 4.37. The Morgan fingerprint density at radius 3 is 2.42 bits per heavy atom. The molecule has 7 nitrogen and oxygen atoms in total. The minimum Gasteiger partial charge on any atom is -0.465 e. The highest BCUT2D eigenvalue weighted by Gasteiger charge is 2.30. The van der Waals surface area contributed by atoms with Crippen molar-refractivity contribution < 1.29 is 27.5 Å². The van der Waals surface area contributed by atoms with Crippen LogP contribution in [0.2, 0.25) is 0 Å². The van der Waals surface area contributed by atoms with Crippen LogP contribution in [0.5, 0.6) is 0 Å². The maximum Gasteiger partial charge on any atom is 0.349 e. The number of thiophene rings is 1. The van der Waals surface area contributed by atoms with Gasteiger partial charge in [-0.1, -0.05) is 35.9 Å². The van der Waals surface area contributed by atoms with E-state index in [2.05, 4.69) is 4.72 Å². The van der Waals surface area contributed by atoms with Crippen LogP contribution in [0, 0.1) is 6.92 Å². The van der Waals surface area contributed by atoms with E-state index in [1.54, 1.807) is 30.5 Å². The number of ether oxygens (including phenoxy) is 2. The molecular weight excluding hydrogens is 438 g/mol. The second-order valence-corrected chi connectivity index (χ2v) is 9.07. The molecule has 3 aromatic rings. The molecule has 0 aliphatic carbocycles. The molecule has 1 heterocycles. The monoisotopic (exact) mass is 459 g/mol. The number of nitrogens with one attached hydrogen (secondary N) is 1. The summed E-state index contributed by atoms with van der Waals surface area (Å²) >= 11 is 0.992. The van der Waals surface area contributed by atoms with E-state index in [-0.39, 0.29) is 27.6 Å². The van der Waals surface area contributed by atoms with Crippen molar-refractivity contribution in [1.29, 1.82) is 0 Å². The number of esters is 2. The van der Waals surface area contributed by atoms with E-state index in [0.717, 1.165) is 16.9 Å². The Morgan fingerprint density at radius 2 is 1.77 bits per heavy atom. The summed E-state index contributed by atoms with van der Waals surface area (Å²) in [6, 6.07) is 13.3. The number of hydrogen-bond acceptors (Lipinski definition) is 7. The number of benzene rings is 2. The molecule has 9 heteroatoms. The Kier molecular flexibility index (Phi) is 6.77. The van der Waals surface area contributed by atoms with Gasteiger partial charge in [-0.25, -0.2) is 18.0 Å². The molecule has 1 aromatic heterocycles. The number of carbonyl (C=O) groups is 2. The van der Waals surface area contributed by atoms with Crippen LogP contribution in [-0.4, -0.2) is 34.1 Å². The van der Waals surface area contributed by atoms with Crippen molar-refractivity contribution in [3.8, 4) is 11.1 Å². The predicted molar refractivity (Wildman–Crippen MR) is 119 cm³/mol. The fraction of sp³-hybridized carbons (Fsp3) is 0.182. The zero-order chi connectivity index (χ0) is 22.6. The lowest BCUT2D eigenvalue weighted by atomic mass is 10.1. The molecule has 3 rings (SSSR count). The van der Waals surface area contributed by atoms with Gasteiger partial charge in [-0.15, -0.1) is 11.3 Å². The van der Waals surface area contributed by atoms with Crippen LogP contribution in [0.15, 0.2) is 58.8 Å². The van der Waals surface area contributed by atoms with Crippen LogP contribution < -0.4 is 4.72 Å². The first-order chi connectivity index (χ1) is 14.8. The van der Waals surface area contributed by atoms with Gasteiger partial charge in [0, 0.05) is 16.6 Å². The second kappa shape index (κ2) is 9.32. The van der Waals surface area contributed by atoms with Crippen LogP contribution in [-0.2, 0) is 19.5 Å². The molecule has 1 N–H and O–H groups in total.